The van der Waals surface area contributed by atoms with Crippen LogP contribution in [0.4, 0.5) is 0 Å². The van der Waals surface area contributed by atoms with Gasteiger partial charge in [0, 0.05) is 12.2 Å². The average Bonchev–Trinajstić information content (AvgIpc) is 2.81. The number of thioether (sulfide) groups is 1. The van der Waals surface area contributed by atoms with Crippen molar-refractivity contribution in [2.45, 2.75) is 42.4 Å². The first-order valence-electron chi connectivity index (χ1n) is 7.05. The molecule has 1 aromatic rings. The zero-order valence-electron chi connectivity index (χ0n) is 12.4. The summed E-state index contributed by atoms with van der Waals surface area (Å²) in [4.78, 5) is 36.1. The van der Waals surface area contributed by atoms with E-state index < -0.39 is 48.4 Å². The summed E-state index contributed by atoms with van der Waals surface area (Å²) in [5.74, 6) is -0.676. The Labute approximate surface area is 138 Å². The largest absolute Gasteiger partial charge is 0.481 e. The van der Waals surface area contributed by atoms with E-state index in [1.165, 1.54) is 0 Å². The first kappa shape index (κ1) is 18.6. The Morgan fingerprint density at radius 3 is 2.62 bits per heavy atom. The molecule has 2 rings (SSSR count). The van der Waals surface area contributed by atoms with Crippen molar-refractivity contribution in [2.75, 3.05) is 12.4 Å². The van der Waals surface area contributed by atoms with Crippen LogP contribution in [0.2, 0.25) is 0 Å². The van der Waals surface area contributed by atoms with Crippen LogP contribution >= 0.6 is 11.8 Å². The number of rotatable bonds is 7. The third kappa shape index (κ3) is 4.02. The van der Waals surface area contributed by atoms with E-state index in [2.05, 4.69) is 5.10 Å². The van der Waals surface area contributed by atoms with Gasteiger partial charge >= 0.3 is 11.7 Å². The van der Waals surface area contributed by atoms with E-state index in [9.17, 15) is 24.6 Å². The number of aromatic nitrogens is 3. The topological polar surface area (TPSA) is 175 Å². The maximum Gasteiger partial charge on any atom is 0.347 e. The molecule has 0 spiro atoms. The summed E-state index contributed by atoms with van der Waals surface area (Å²) >= 11 is 0.952. The third-order valence-corrected chi connectivity index (χ3v) is 4.39. The molecule has 4 atom stereocenters. The first-order chi connectivity index (χ1) is 11.3. The highest BCUT2D eigenvalue weighted by Crippen LogP contribution is 2.27. The second kappa shape index (κ2) is 7.90. The normalized spacial score (nSPS) is 26.6. The van der Waals surface area contributed by atoms with Gasteiger partial charge in [-0.1, -0.05) is 11.8 Å². The van der Waals surface area contributed by atoms with Crippen molar-refractivity contribution in [3.8, 4) is 0 Å². The Kier molecular flexibility index (Phi) is 6.12. The number of carboxylic acids is 1. The third-order valence-electron chi connectivity index (χ3n) is 3.35. The SMILES string of the molecule is O=C(O)CCCSc1nn([C@@H]2O[C@H](CO)[C@@H](O)[C@H]2O)c(=O)[nH]c1=O. The summed E-state index contributed by atoms with van der Waals surface area (Å²) in [5.41, 5.74) is -1.69. The minimum absolute atomic E-state index is 0.0701. The Morgan fingerprint density at radius 2 is 2.04 bits per heavy atom. The highest BCUT2D eigenvalue weighted by Gasteiger charge is 2.44. The molecule has 24 heavy (non-hydrogen) atoms. The quantitative estimate of drug-likeness (QED) is 0.257. The van der Waals surface area contributed by atoms with Crippen molar-refractivity contribution in [2.24, 2.45) is 0 Å². The number of aliphatic carboxylic acids is 1. The lowest BCUT2D eigenvalue weighted by molar-refractivity contribution is -0.137. The second-order valence-corrected chi connectivity index (χ2v) is 6.17. The highest BCUT2D eigenvalue weighted by molar-refractivity contribution is 7.99. The number of aliphatic hydroxyl groups excluding tert-OH is 3. The van der Waals surface area contributed by atoms with Gasteiger partial charge in [-0.2, -0.15) is 9.78 Å². The Morgan fingerprint density at radius 1 is 1.33 bits per heavy atom. The number of hydrogen-bond acceptors (Lipinski definition) is 9. The summed E-state index contributed by atoms with van der Waals surface area (Å²) in [6.45, 7) is -0.566. The Bertz CT molecular complexity index is 704. The van der Waals surface area contributed by atoms with Crippen molar-refractivity contribution in [1.82, 2.24) is 14.8 Å². The lowest BCUT2D eigenvalue weighted by atomic mass is 10.1. The Hall–Kier alpha value is -1.73. The van der Waals surface area contributed by atoms with Crippen molar-refractivity contribution < 1.29 is 30.0 Å². The van der Waals surface area contributed by atoms with Gasteiger partial charge < -0.3 is 25.2 Å². The molecule has 0 unspecified atom stereocenters. The van der Waals surface area contributed by atoms with Gasteiger partial charge in [0.2, 0.25) is 0 Å². The molecule has 0 radical (unpaired) electrons. The van der Waals surface area contributed by atoms with Crippen LogP contribution in [0.25, 0.3) is 0 Å². The van der Waals surface area contributed by atoms with E-state index in [0.717, 1.165) is 11.8 Å². The molecule has 0 saturated carbocycles. The zero-order valence-corrected chi connectivity index (χ0v) is 13.2. The van der Waals surface area contributed by atoms with Crippen molar-refractivity contribution >= 4 is 17.7 Å². The van der Waals surface area contributed by atoms with Crippen LogP contribution in [0.3, 0.4) is 0 Å². The number of ether oxygens (including phenoxy) is 1. The van der Waals surface area contributed by atoms with Gasteiger partial charge in [-0.05, 0) is 6.42 Å². The van der Waals surface area contributed by atoms with Gasteiger partial charge in [-0.15, -0.1) is 0 Å². The van der Waals surface area contributed by atoms with E-state index in [-0.39, 0.29) is 17.2 Å². The number of aliphatic hydroxyl groups is 3. The van der Waals surface area contributed by atoms with Crippen LogP contribution in [0.1, 0.15) is 19.1 Å². The van der Waals surface area contributed by atoms with Crippen LogP contribution in [0.15, 0.2) is 14.6 Å². The number of hydrogen-bond donors (Lipinski definition) is 5. The lowest BCUT2D eigenvalue weighted by Gasteiger charge is -2.16. The smallest absolute Gasteiger partial charge is 0.347 e. The molecule has 2 heterocycles. The molecular weight excluding hydrogens is 346 g/mol. The van der Waals surface area contributed by atoms with E-state index in [1.807, 2.05) is 4.98 Å². The van der Waals surface area contributed by atoms with Crippen LogP contribution < -0.4 is 11.2 Å². The van der Waals surface area contributed by atoms with E-state index >= 15 is 0 Å². The molecule has 0 amide bonds. The number of carbonyl (C=O) groups is 1. The lowest BCUT2D eigenvalue weighted by Crippen LogP contribution is -2.40. The molecular formula is C12H17N3O8S. The molecule has 0 aromatic carbocycles. The zero-order chi connectivity index (χ0) is 17.9. The van der Waals surface area contributed by atoms with Crippen LogP contribution in [-0.4, -0.2) is 71.8 Å². The monoisotopic (exact) mass is 363 g/mol. The highest BCUT2D eigenvalue weighted by atomic mass is 32.2. The molecule has 12 heteroatoms. The predicted molar refractivity (Wildman–Crippen MR) is 79.7 cm³/mol. The summed E-state index contributed by atoms with van der Waals surface area (Å²) in [5, 5.41) is 41.0. The average molecular weight is 363 g/mol. The van der Waals surface area contributed by atoms with E-state index in [4.69, 9.17) is 14.9 Å². The van der Waals surface area contributed by atoms with Crippen LogP contribution in [-0.2, 0) is 9.53 Å². The number of carboxylic acid groups (broad SMARTS) is 1. The molecule has 0 aliphatic carbocycles. The number of aromatic amines is 1. The van der Waals surface area contributed by atoms with Gasteiger partial charge in [0.25, 0.3) is 5.56 Å². The van der Waals surface area contributed by atoms with Gasteiger partial charge in [-0.3, -0.25) is 14.6 Å². The summed E-state index contributed by atoms with van der Waals surface area (Å²) in [6.07, 6.45) is -5.14. The molecule has 11 nitrogen and oxygen atoms in total. The fourth-order valence-corrected chi connectivity index (χ4v) is 2.95. The number of nitrogens with zero attached hydrogens (tertiary/aromatic N) is 2. The van der Waals surface area contributed by atoms with Gasteiger partial charge in [0.15, 0.2) is 11.3 Å². The van der Waals surface area contributed by atoms with Gasteiger partial charge in [0.05, 0.1) is 6.61 Å². The summed E-state index contributed by atoms with van der Waals surface area (Å²) in [7, 11) is 0. The molecule has 1 saturated heterocycles. The fraction of sp³-hybridized carbons (Fsp3) is 0.667. The van der Waals surface area contributed by atoms with Gasteiger partial charge in [-0.25, -0.2) is 4.79 Å². The van der Waals surface area contributed by atoms with Gasteiger partial charge in [0.1, 0.15) is 18.3 Å². The summed E-state index contributed by atoms with van der Waals surface area (Å²) in [6, 6.07) is 0. The van der Waals surface area contributed by atoms with E-state index in [1.54, 1.807) is 0 Å². The molecule has 1 aromatic heterocycles. The molecule has 134 valence electrons. The molecule has 1 aliphatic rings. The molecule has 0 bridgehead atoms. The maximum absolute atomic E-state index is 11.9. The molecule has 1 fully saturated rings. The minimum atomic E-state index is -1.51. The fourth-order valence-electron chi connectivity index (χ4n) is 2.14. The van der Waals surface area contributed by atoms with Crippen molar-refractivity contribution in [1.29, 1.82) is 0 Å². The maximum atomic E-state index is 11.9. The van der Waals surface area contributed by atoms with Crippen LogP contribution in [0.5, 0.6) is 0 Å². The van der Waals surface area contributed by atoms with E-state index in [0.29, 0.717) is 11.1 Å². The minimum Gasteiger partial charge on any atom is -0.481 e. The Balaban J connectivity index is 2.19. The predicted octanol–water partition coefficient (Wildman–Crippen LogP) is -2.50. The first-order valence-corrected chi connectivity index (χ1v) is 8.04. The number of nitrogens with one attached hydrogen (secondary N) is 1. The molecule has 5 N–H and O–H groups in total. The number of H-pyrrole nitrogens is 1. The standard InChI is InChI=1S/C12H17N3O8S/c16-4-5-7(19)8(20)11(23-5)15-12(22)13-9(21)10(14-15)24-3-1-2-6(17)18/h5,7-8,11,16,19-20H,1-4H2,(H,17,18)(H,13,21,22)/t5-,7-,8-,11-/m1/s1. The van der Waals surface area contributed by atoms with Crippen LogP contribution in [0, 0.1) is 0 Å². The second-order valence-electron chi connectivity index (χ2n) is 5.08. The van der Waals surface area contributed by atoms with Crippen molar-refractivity contribution in [3.63, 3.8) is 0 Å². The summed E-state index contributed by atoms with van der Waals surface area (Å²) < 4.78 is 5.88. The molecule has 1 aliphatic heterocycles. The van der Waals surface area contributed by atoms with Crippen molar-refractivity contribution in [3.05, 3.63) is 20.8 Å².